The molecule has 2 saturated heterocycles. The molecule has 2 fully saturated rings. The molecule has 0 saturated carbocycles. The number of carbonyl (C=O) groups is 2. The lowest BCUT2D eigenvalue weighted by molar-refractivity contribution is -0.125. The van der Waals surface area contributed by atoms with E-state index in [1.165, 1.54) is 12.7 Å². The number of nitrogens with zero attached hydrogens (tertiary/aromatic N) is 12. The highest BCUT2D eigenvalue weighted by Crippen LogP contribution is 2.35. The molecule has 65 heavy (non-hydrogen) atoms. The fourth-order valence-electron chi connectivity index (χ4n) is 7.37. The van der Waals surface area contributed by atoms with Gasteiger partial charge in [-0.3, -0.25) is 9.59 Å². The van der Waals surface area contributed by atoms with Crippen LogP contribution >= 0.6 is 22.6 Å². The largest absolute Gasteiger partial charge is 0.497 e. The number of aryl methyl sites for hydroxylation is 1. The maximum atomic E-state index is 12.5. The minimum atomic E-state index is -1.35. The first-order chi connectivity index (χ1) is 31.1. The number of hydrogen-bond acceptors (Lipinski definition) is 15. The van der Waals surface area contributed by atoms with E-state index in [9.17, 15) is 9.59 Å². The number of halogens is 1. The average molecular weight is 999 g/mol. The van der Waals surface area contributed by atoms with Crippen molar-refractivity contribution in [3.63, 3.8) is 0 Å². The molecule has 8 rings (SSSR count). The van der Waals surface area contributed by atoms with Crippen molar-refractivity contribution >= 4 is 80.7 Å². The minimum Gasteiger partial charge on any atom is -0.497 e. The third kappa shape index (κ3) is 12.2. The summed E-state index contributed by atoms with van der Waals surface area (Å²) in [6.45, 7) is 6.03. The molecule has 342 valence electrons. The number of methoxy groups -OCH3 is 1. The Bertz CT molecular complexity index is 2620. The maximum Gasteiger partial charge on any atom is 0.488 e. The standard InChI is InChI=1S/C22H27N7O2.C15H20IN7O.C7H9BO2/c1-27(2)11-4-5-18(30)28-12-10-16(13-28)29-22-19(21(23)24-14-25-22)20(26-29)15-6-8-17(31-3)9-7-15;1-21(2)6-3-4-11(24)22-7-5-10(8-22)23-15-12(13(16)20-23)14(17)18-9-19-15;1-6-2-4-7(5-3-6)8(9)10/h4-9,14,16H,10-13H2,1-3H3,(H2,23,24,25);3-4,9-10H,5-8H2,1-2H3,(H2,17,18,19);2-5,9-10H,1H3/b5-4+;4-3+;/t16-;10-;/m11./s1. The van der Waals surface area contributed by atoms with Gasteiger partial charge in [0.15, 0.2) is 11.3 Å². The fourth-order valence-corrected chi connectivity index (χ4v) is 8.12. The molecular formula is C44H56BIN14O5. The van der Waals surface area contributed by atoms with Gasteiger partial charge >= 0.3 is 7.12 Å². The third-order valence-electron chi connectivity index (χ3n) is 10.8. The average Bonchev–Trinajstić information content (AvgIpc) is 4.10. The van der Waals surface area contributed by atoms with Crippen molar-refractivity contribution < 1.29 is 24.4 Å². The minimum absolute atomic E-state index is 0.0188. The number of likely N-dealkylation sites (N-methyl/N-ethyl adjacent to an activating group) is 2. The predicted molar refractivity (Wildman–Crippen MR) is 261 cm³/mol. The highest BCUT2D eigenvalue weighted by Gasteiger charge is 2.31. The molecule has 6 heterocycles. The Labute approximate surface area is 392 Å². The predicted octanol–water partition coefficient (Wildman–Crippen LogP) is 2.55. The summed E-state index contributed by atoms with van der Waals surface area (Å²) in [6, 6.07) is 14.9. The number of fused-ring (bicyclic) bond motifs is 2. The van der Waals surface area contributed by atoms with Crippen LogP contribution < -0.4 is 21.7 Å². The summed E-state index contributed by atoms with van der Waals surface area (Å²) < 4.78 is 9.82. The Morgan fingerprint density at radius 3 is 1.75 bits per heavy atom. The molecule has 6 N–H and O–H groups in total. The van der Waals surface area contributed by atoms with Crippen molar-refractivity contribution in [1.82, 2.24) is 59.1 Å². The quantitative estimate of drug-likeness (QED) is 0.0830. The number of nitrogen functional groups attached to an aromatic ring is 2. The number of hydrogen-bond donors (Lipinski definition) is 4. The zero-order chi connectivity index (χ0) is 46.8. The molecule has 21 heteroatoms. The van der Waals surface area contributed by atoms with Gasteiger partial charge in [-0.25, -0.2) is 29.3 Å². The summed E-state index contributed by atoms with van der Waals surface area (Å²) in [4.78, 5) is 49.5. The summed E-state index contributed by atoms with van der Waals surface area (Å²) in [5.41, 5.74) is 16.8. The Balaban J connectivity index is 0.000000182. The van der Waals surface area contributed by atoms with Crippen molar-refractivity contribution in [2.75, 3.05) is 86.0 Å². The first-order valence-corrected chi connectivity index (χ1v) is 22.1. The molecule has 2 atom stereocenters. The Hall–Kier alpha value is -6.01. The molecule has 0 aliphatic carbocycles. The van der Waals surface area contributed by atoms with Crippen LogP contribution in [0.2, 0.25) is 0 Å². The molecule has 19 nitrogen and oxygen atoms in total. The van der Waals surface area contributed by atoms with Crippen molar-refractivity contribution in [2.24, 2.45) is 0 Å². The Morgan fingerprint density at radius 2 is 1.26 bits per heavy atom. The van der Waals surface area contributed by atoms with E-state index >= 15 is 0 Å². The second-order valence-corrected chi connectivity index (χ2v) is 17.3. The molecule has 0 spiro atoms. The van der Waals surface area contributed by atoms with Crippen LogP contribution in [0.3, 0.4) is 0 Å². The molecular weight excluding hydrogens is 942 g/mol. The normalized spacial score (nSPS) is 16.2. The van der Waals surface area contributed by atoms with Gasteiger partial charge in [0, 0.05) is 57.0 Å². The maximum absolute atomic E-state index is 12.5. The van der Waals surface area contributed by atoms with E-state index in [-0.39, 0.29) is 23.9 Å². The van der Waals surface area contributed by atoms with Gasteiger partial charge in [-0.15, -0.1) is 0 Å². The van der Waals surface area contributed by atoms with Crippen LogP contribution in [0.4, 0.5) is 11.6 Å². The molecule has 2 aliphatic rings. The number of carbonyl (C=O) groups excluding carboxylic acids is 2. The molecule has 0 bridgehead atoms. The van der Waals surface area contributed by atoms with E-state index in [1.54, 1.807) is 31.4 Å². The van der Waals surface area contributed by atoms with Crippen LogP contribution in [0, 0.1) is 10.6 Å². The van der Waals surface area contributed by atoms with E-state index in [2.05, 4.69) is 47.6 Å². The first kappa shape index (κ1) is 48.5. The number of ether oxygens (including phenoxy) is 1. The second kappa shape index (κ2) is 22.3. The highest BCUT2D eigenvalue weighted by molar-refractivity contribution is 14.1. The second-order valence-electron chi connectivity index (χ2n) is 16.2. The van der Waals surface area contributed by atoms with Gasteiger partial charge in [0.2, 0.25) is 11.8 Å². The molecule has 4 aromatic heterocycles. The number of nitrogens with two attached hydrogens (primary N) is 2. The number of rotatable bonds is 11. The van der Waals surface area contributed by atoms with Crippen LogP contribution in [0.15, 0.2) is 85.5 Å². The lowest BCUT2D eigenvalue weighted by atomic mass is 9.80. The number of aromatic nitrogens is 8. The van der Waals surface area contributed by atoms with Crippen LogP contribution in [-0.2, 0) is 9.59 Å². The van der Waals surface area contributed by atoms with Gasteiger partial charge in [-0.1, -0.05) is 42.0 Å². The van der Waals surface area contributed by atoms with Crippen molar-refractivity contribution in [3.8, 4) is 17.0 Å². The van der Waals surface area contributed by atoms with Gasteiger partial charge in [-0.2, -0.15) is 10.2 Å². The topological polar surface area (TPSA) is 236 Å². The SMILES string of the molecule is CN(C)C/C=C/C(=O)N1CC[C@@H](n2nc(I)c3c(N)ncnc32)C1.COc1ccc(-c2nn([C@@H]3CCN(C(=O)/C=C/CN(C)C)C3)c3ncnc(N)c23)cc1.Cc1ccc(B(O)O)cc1. The monoisotopic (exact) mass is 998 g/mol. The number of amides is 2. The third-order valence-corrected chi connectivity index (χ3v) is 11.6. The first-order valence-electron chi connectivity index (χ1n) is 21.0. The van der Waals surface area contributed by atoms with Gasteiger partial charge in [0.1, 0.15) is 39.4 Å². The smallest absolute Gasteiger partial charge is 0.488 e. The van der Waals surface area contributed by atoms with Gasteiger partial charge in [-0.05, 0) is 100 Å². The van der Waals surface area contributed by atoms with Crippen LogP contribution in [0.1, 0.15) is 30.5 Å². The summed E-state index contributed by atoms with van der Waals surface area (Å²) in [6.07, 6.45) is 11.6. The van der Waals surface area contributed by atoms with E-state index in [0.29, 0.717) is 48.9 Å². The van der Waals surface area contributed by atoms with Crippen molar-refractivity contribution in [3.05, 3.63) is 94.8 Å². The molecule has 0 unspecified atom stereocenters. The van der Waals surface area contributed by atoms with E-state index in [1.807, 2.05) is 113 Å². The fraction of sp³-hybridized carbons (Fsp3) is 0.364. The van der Waals surface area contributed by atoms with E-state index in [0.717, 1.165) is 68.6 Å². The van der Waals surface area contributed by atoms with E-state index in [4.69, 9.17) is 31.4 Å². The molecule has 2 amide bonds. The van der Waals surface area contributed by atoms with Crippen LogP contribution in [0.5, 0.6) is 5.75 Å². The zero-order valence-electron chi connectivity index (χ0n) is 37.5. The summed E-state index contributed by atoms with van der Waals surface area (Å²) >= 11 is 2.15. The summed E-state index contributed by atoms with van der Waals surface area (Å²) in [7, 11) is 8.17. The lowest BCUT2D eigenvalue weighted by Gasteiger charge is -2.15. The zero-order valence-corrected chi connectivity index (χ0v) is 39.6. The van der Waals surface area contributed by atoms with Crippen molar-refractivity contribution in [1.29, 1.82) is 0 Å². The molecule has 6 aromatic rings. The Kier molecular flexibility index (Phi) is 16.6. The van der Waals surface area contributed by atoms with Crippen LogP contribution in [0.25, 0.3) is 33.3 Å². The highest BCUT2D eigenvalue weighted by atomic mass is 127. The Morgan fingerprint density at radius 1 is 0.769 bits per heavy atom. The molecule has 2 aromatic carbocycles. The molecule has 0 radical (unpaired) electrons. The summed E-state index contributed by atoms with van der Waals surface area (Å²) in [5.74, 6) is 1.65. The molecule has 2 aliphatic heterocycles. The number of likely N-dealkylation sites (tertiary alicyclic amines) is 2. The van der Waals surface area contributed by atoms with Gasteiger partial charge in [0.25, 0.3) is 0 Å². The lowest BCUT2D eigenvalue weighted by Crippen LogP contribution is -2.29. The van der Waals surface area contributed by atoms with Gasteiger partial charge in [0.05, 0.1) is 30.0 Å². The van der Waals surface area contributed by atoms with Gasteiger partial charge < -0.3 is 45.9 Å². The van der Waals surface area contributed by atoms with E-state index < -0.39 is 7.12 Å². The van der Waals surface area contributed by atoms with Crippen LogP contribution in [-0.4, -0.2) is 163 Å². The number of anilines is 2. The number of benzene rings is 2. The summed E-state index contributed by atoms with van der Waals surface area (Å²) in [5, 5.41) is 28.3. The van der Waals surface area contributed by atoms with Crippen molar-refractivity contribution in [2.45, 2.75) is 31.8 Å².